The first kappa shape index (κ1) is 15.1. The van der Waals surface area contributed by atoms with Crippen LogP contribution in [0.15, 0.2) is 24.3 Å². The molecule has 0 saturated carbocycles. The quantitative estimate of drug-likeness (QED) is 0.919. The molecule has 0 spiro atoms. The van der Waals surface area contributed by atoms with Gasteiger partial charge in [-0.1, -0.05) is 35.9 Å². The molecule has 0 fully saturated rings. The van der Waals surface area contributed by atoms with Gasteiger partial charge in [0.1, 0.15) is 0 Å². The van der Waals surface area contributed by atoms with E-state index < -0.39 is 0 Å². The van der Waals surface area contributed by atoms with Crippen molar-refractivity contribution >= 4 is 11.6 Å². The third kappa shape index (κ3) is 3.22. The van der Waals surface area contributed by atoms with Gasteiger partial charge >= 0.3 is 0 Å². The van der Waals surface area contributed by atoms with Crippen molar-refractivity contribution in [1.29, 1.82) is 0 Å². The highest BCUT2D eigenvalue weighted by Gasteiger charge is 2.16. The third-order valence-electron chi connectivity index (χ3n) is 3.65. The normalized spacial score (nSPS) is 12.7. The number of nitrogens with two attached hydrogens (primary N) is 1. The number of hydrogen-bond donors (Lipinski definition) is 1. The van der Waals surface area contributed by atoms with Crippen LogP contribution in [0, 0.1) is 13.8 Å². The predicted octanol–water partition coefficient (Wildman–Crippen LogP) is 3.29. The van der Waals surface area contributed by atoms with Crippen molar-refractivity contribution < 1.29 is 0 Å². The Morgan fingerprint density at radius 2 is 1.95 bits per heavy atom. The second-order valence-electron chi connectivity index (χ2n) is 5.26. The van der Waals surface area contributed by atoms with Crippen LogP contribution in [0.1, 0.15) is 29.4 Å². The largest absolute Gasteiger partial charge is 0.327 e. The molecule has 0 aliphatic rings. The fourth-order valence-electron chi connectivity index (χ4n) is 2.51. The maximum atomic E-state index is 6.33. The van der Waals surface area contributed by atoms with Crippen LogP contribution < -0.4 is 5.73 Å². The van der Waals surface area contributed by atoms with Crippen LogP contribution >= 0.6 is 11.6 Å². The maximum Gasteiger partial charge on any atom is 0.0847 e. The van der Waals surface area contributed by atoms with Crippen molar-refractivity contribution in [3.05, 3.63) is 51.8 Å². The van der Waals surface area contributed by atoms with Gasteiger partial charge in [-0.25, -0.2) is 0 Å². The number of aromatic nitrogens is 2. The van der Waals surface area contributed by atoms with Gasteiger partial charge in [-0.15, -0.1) is 0 Å². The number of rotatable bonds is 5. The summed E-state index contributed by atoms with van der Waals surface area (Å²) < 4.78 is 1.95. The van der Waals surface area contributed by atoms with Crippen molar-refractivity contribution in [2.45, 2.75) is 46.2 Å². The molecule has 0 saturated heterocycles. The third-order valence-corrected chi connectivity index (χ3v) is 4.14. The lowest BCUT2D eigenvalue weighted by molar-refractivity contribution is 0.574. The van der Waals surface area contributed by atoms with Crippen LogP contribution in [0.25, 0.3) is 0 Å². The summed E-state index contributed by atoms with van der Waals surface area (Å²) in [4.78, 5) is 0. The molecule has 0 amide bonds. The first-order chi connectivity index (χ1) is 9.52. The van der Waals surface area contributed by atoms with Gasteiger partial charge in [-0.2, -0.15) is 5.10 Å². The summed E-state index contributed by atoms with van der Waals surface area (Å²) in [5.74, 6) is 0. The molecule has 1 aromatic carbocycles. The Balaban J connectivity index is 2.12. The van der Waals surface area contributed by atoms with E-state index in [1.54, 1.807) is 0 Å². The molecule has 4 heteroatoms. The Bertz CT molecular complexity index is 589. The van der Waals surface area contributed by atoms with Gasteiger partial charge in [0.05, 0.1) is 16.4 Å². The van der Waals surface area contributed by atoms with Crippen molar-refractivity contribution in [1.82, 2.24) is 9.78 Å². The molecule has 1 aromatic heterocycles. The van der Waals surface area contributed by atoms with Crippen molar-refractivity contribution in [3.8, 4) is 0 Å². The minimum atomic E-state index is 0.0509. The molecule has 20 heavy (non-hydrogen) atoms. The zero-order chi connectivity index (χ0) is 14.7. The Morgan fingerprint density at radius 3 is 2.60 bits per heavy atom. The van der Waals surface area contributed by atoms with Crippen molar-refractivity contribution in [2.75, 3.05) is 0 Å². The fourth-order valence-corrected chi connectivity index (χ4v) is 2.72. The van der Waals surface area contributed by atoms with Gasteiger partial charge < -0.3 is 5.73 Å². The molecule has 0 bridgehead atoms. The van der Waals surface area contributed by atoms with Gasteiger partial charge in [-0.05, 0) is 38.3 Å². The van der Waals surface area contributed by atoms with E-state index in [-0.39, 0.29) is 6.04 Å². The van der Waals surface area contributed by atoms with E-state index in [1.165, 1.54) is 11.1 Å². The molecular weight excluding hydrogens is 270 g/mol. The smallest absolute Gasteiger partial charge is 0.0847 e. The monoisotopic (exact) mass is 291 g/mol. The molecule has 2 N–H and O–H groups in total. The molecule has 1 unspecified atom stereocenters. The lowest BCUT2D eigenvalue weighted by Gasteiger charge is -2.14. The molecule has 1 heterocycles. The van der Waals surface area contributed by atoms with Gasteiger partial charge in [0.15, 0.2) is 0 Å². The highest BCUT2D eigenvalue weighted by molar-refractivity contribution is 6.31. The Labute approximate surface area is 125 Å². The molecule has 3 nitrogen and oxygen atoms in total. The Hall–Kier alpha value is -1.32. The van der Waals surface area contributed by atoms with Gasteiger partial charge in [0, 0.05) is 19.0 Å². The molecule has 0 aliphatic carbocycles. The van der Waals surface area contributed by atoms with E-state index in [1.807, 2.05) is 11.6 Å². The highest BCUT2D eigenvalue weighted by Crippen LogP contribution is 2.22. The summed E-state index contributed by atoms with van der Waals surface area (Å²) in [6, 6.07) is 8.42. The number of hydrogen-bond acceptors (Lipinski definition) is 2. The van der Waals surface area contributed by atoms with E-state index in [0.717, 1.165) is 35.8 Å². The summed E-state index contributed by atoms with van der Waals surface area (Å²) in [5, 5.41) is 5.19. The van der Waals surface area contributed by atoms with Gasteiger partial charge in [-0.3, -0.25) is 4.68 Å². The first-order valence-electron chi connectivity index (χ1n) is 7.04. The number of aryl methyl sites for hydroxylation is 3. The fraction of sp³-hybridized carbons (Fsp3) is 0.438. The zero-order valence-corrected chi connectivity index (χ0v) is 13.1. The van der Waals surface area contributed by atoms with Crippen LogP contribution in [0.4, 0.5) is 0 Å². The SMILES string of the molecule is CCn1nc(C)c(Cl)c1CC(N)Cc1ccccc1C. The summed E-state index contributed by atoms with van der Waals surface area (Å²) in [5.41, 5.74) is 10.8. The van der Waals surface area contributed by atoms with Crippen LogP contribution in [-0.4, -0.2) is 15.8 Å². The summed E-state index contributed by atoms with van der Waals surface area (Å²) in [7, 11) is 0. The van der Waals surface area contributed by atoms with Crippen LogP contribution in [-0.2, 0) is 19.4 Å². The average Bonchev–Trinajstić information content (AvgIpc) is 2.69. The number of halogens is 1. The molecule has 108 valence electrons. The Morgan fingerprint density at radius 1 is 1.25 bits per heavy atom. The van der Waals surface area contributed by atoms with E-state index in [0.29, 0.717) is 0 Å². The summed E-state index contributed by atoms with van der Waals surface area (Å²) in [6.45, 7) is 6.94. The van der Waals surface area contributed by atoms with E-state index >= 15 is 0 Å². The predicted molar refractivity (Wildman–Crippen MR) is 84.2 cm³/mol. The van der Waals surface area contributed by atoms with Crippen molar-refractivity contribution in [2.24, 2.45) is 5.73 Å². The maximum absolute atomic E-state index is 6.33. The average molecular weight is 292 g/mol. The molecule has 2 rings (SSSR count). The lowest BCUT2D eigenvalue weighted by Crippen LogP contribution is -2.27. The summed E-state index contributed by atoms with van der Waals surface area (Å²) >= 11 is 6.33. The topological polar surface area (TPSA) is 43.8 Å². The van der Waals surface area contributed by atoms with Crippen LogP contribution in [0.2, 0.25) is 5.02 Å². The van der Waals surface area contributed by atoms with Gasteiger partial charge in [0.25, 0.3) is 0 Å². The molecular formula is C16H22ClN3. The van der Waals surface area contributed by atoms with Crippen molar-refractivity contribution in [3.63, 3.8) is 0 Å². The van der Waals surface area contributed by atoms with E-state index in [9.17, 15) is 0 Å². The lowest BCUT2D eigenvalue weighted by atomic mass is 9.99. The number of nitrogens with zero attached hydrogens (tertiary/aromatic N) is 2. The first-order valence-corrected chi connectivity index (χ1v) is 7.42. The Kier molecular flexibility index (Phi) is 4.84. The van der Waals surface area contributed by atoms with Crippen LogP contribution in [0.5, 0.6) is 0 Å². The second kappa shape index (κ2) is 6.42. The molecule has 0 radical (unpaired) electrons. The van der Waals surface area contributed by atoms with E-state index in [2.05, 4.69) is 43.2 Å². The zero-order valence-electron chi connectivity index (χ0n) is 12.4. The number of benzene rings is 1. The highest BCUT2D eigenvalue weighted by atomic mass is 35.5. The summed E-state index contributed by atoms with van der Waals surface area (Å²) in [6.07, 6.45) is 1.61. The van der Waals surface area contributed by atoms with Crippen LogP contribution in [0.3, 0.4) is 0 Å². The minimum absolute atomic E-state index is 0.0509. The molecule has 0 aliphatic heterocycles. The second-order valence-corrected chi connectivity index (χ2v) is 5.63. The molecule has 2 aromatic rings. The van der Waals surface area contributed by atoms with Gasteiger partial charge in [0.2, 0.25) is 0 Å². The molecule has 1 atom stereocenters. The standard InChI is InChI=1S/C16H22ClN3/c1-4-20-15(16(17)12(3)19-20)10-14(18)9-13-8-6-5-7-11(13)2/h5-8,14H,4,9-10,18H2,1-3H3. The van der Waals surface area contributed by atoms with E-state index in [4.69, 9.17) is 17.3 Å². The minimum Gasteiger partial charge on any atom is -0.327 e.